The van der Waals surface area contributed by atoms with E-state index in [0.29, 0.717) is 5.56 Å². The van der Waals surface area contributed by atoms with Gasteiger partial charge in [-0.05, 0) is 41.2 Å². The Morgan fingerprint density at radius 3 is 2.18 bits per heavy atom. The van der Waals surface area contributed by atoms with Crippen molar-refractivity contribution in [1.82, 2.24) is 0 Å². The van der Waals surface area contributed by atoms with Gasteiger partial charge in [0.15, 0.2) is 0 Å². The number of hydrogen-bond acceptors (Lipinski definition) is 3. The van der Waals surface area contributed by atoms with Gasteiger partial charge in [-0.1, -0.05) is 79.9 Å². The highest BCUT2D eigenvalue weighted by Gasteiger charge is 2.18. The lowest BCUT2D eigenvalue weighted by Gasteiger charge is -2.14. The fourth-order valence-electron chi connectivity index (χ4n) is 3.05. The van der Waals surface area contributed by atoms with Gasteiger partial charge in [0, 0.05) is 11.0 Å². The van der Waals surface area contributed by atoms with Gasteiger partial charge in [-0.3, -0.25) is 10.1 Å². The van der Waals surface area contributed by atoms with Gasteiger partial charge in [-0.25, -0.2) is 0 Å². The Balaban J connectivity index is 2.81. The molecule has 142 valence electrons. The van der Waals surface area contributed by atoms with Crippen molar-refractivity contribution in [2.45, 2.75) is 6.92 Å². The molecule has 28 heavy (non-hydrogen) atoms. The molecule has 4 heteroatoms. The fourth-order valence-corrected chi connectivity index (χ4v) is 3.68. The minimum Gasteiger partial charge on any atom is -0.258 e. The summed E-state index contributed by atoms with van der Waals surface area (Å²) < 4.78 is 0. The van der Waals surface area contributed by atoms with Gasteiger partial charge < -0.3 is 0 Å². The molecule has 0 bridgehead atoms. The first-order valence-electron chi connectivity index (χ1n) is 8.78. The molecule has 0 fully saturated rings. The van der Waals surface area contributed by atoms with Crippen LogP contribution in [0.15, 0.2) is 97.0 Å². The molecule has 0 saturated heterocycles. The second-order valence-electron chi connectivity index (χ2n) is 5.81. The van der Waals surface area contributed by atoms with Gasteiger partial charge in [-0.15, -0.1) is 11.8 Å². The second kappa shape index (κ2) is 10.3. The average Bonchev–Trinajstić information content (AvgIpc) is 2.70. The van der Waals surface area contributed by atoms with Crippen LogP contribution in [0.5, 0.6) is 0 Å². The maximum Gasteiger partial charge on any atom is 0.277 e. The van der Waals surface area contributed by atoms with Crippen LogP contribution in [-0.2, 0) is 0 Å². The summed E-state index contributed by atoms with van der Waals surface area (Å²) in [6.45, 7) is 9.44. The van der Waals surface area contributed by atoms with Crippen LogP contribution in [0.1, 0.15) is 18.1 Å². The molecule has 0 radical (unpaired) electrons. The summed E-state index contributed by atoms with van der Waals surface area (Å²) in [5.41, 5.74) is 2.70. The smallest absolute Gasteiger partial charge is 0.258 e. The van der Waals surface area contributed by atoms with Crippen LogP contribution in [0.4, 0.5) is 0 Å². The van der Waals surface area contributed by atoms with E-state index in [0.717, 1.165) is 26.8 Å². The van der Waals surface area contributed by atoms with E-state index in [1.807, 2.05) is 49.6 Å². The van der Waals surface area contributed by atoms with Crippen molar-refractivity contribution in [3.05, 3.63) is 118 Å². The van der Waals surface area contributed by atoms with E-state index in [4.69, 9.17) is 0 Å². The van der Waals surface area contributed by atoms with Gasteiger partial charge >= 0.3 is 0 Å². The largest absolute Gasteiger partial charge is 0.277 e. The number of nitrogens with zero attached hydrogens (tertiary/aromatic N) is 1. The van der Waals surface area contributed by atoms with Gasteiger partial charge in [0.2, 0.25) is 0 Å². The SMILES string of the molecule is C=C/C=C\C=C(/c1cccc2c(C(=C/C=C)/C(=C\C)SC)cccc12)[N+](=O)[O-]. The summed E-state index contributed by atoms with van der Waals surface area (Å²) in [6.07, 6.45) is 14.2. The number of thioether (sulfide) groups is 1. The average molecular weight is 390 g/mol. The van der Waals surface area contributed by atoms with Crippen molar-refractivity contribution in [1.29, 1.82) is 0 Å². The van der Waals surface area contributed by atoms with E-state index in [2.05, 4.69) is 19.2 Å². The molecule has 2 aromatic carbocycles. The van der Waals surface area contributed by atoms with Gasteiger partial charge in [0.05, 0.1) is 10.5 Å². The molecule has 0 unspecified atom stereocenters. The highest BCUT2D eigenvalue weighted by molar-refractivity contribution is 8.03. The van der Waals surface area contributed by atoms with E-state index in [1.165, 1.54) is 6.08 Å². The highest BCUT2D eigenvalue weighted by Crippen LogP contribution is 2.36. The summed E-state index contributed by atoms with van der Waals surface area (Å²) in [7, 11) is 0. The van der Waals surface area contributed by atoms with E-state index in [9.17, 15) is 10.1 Å². The standard InChI is InChI=1S/C24H23NO2S/c1-5-8-9-17-23(25(26)27)21-16-11-13-18-19(21)14-10-15-20(18)22(12-6-2)24(7-3)28-4/h5-17H,1-2H2,3-4H3/b9-8-,22-12-,23-17+,24-7+. The molecule has 0 heterocycles. The molecule has 0 aliphatic carbocycles. The van der Waals surface area contributed by atoms with Crippen LogP contribution in [0.25, 0.3) is 22.0 Å². The molecule has 0 amide bonds. The van der Waals surface area contributed by atoms with E-state index in [-0.39, 0.29) is 10.6 Å². The molecule has 3 nitrogen and oxygen atoms in total. The number of hydrogen-bond donors (Lipinski definition) is 0. The first-order chi connectivity index (χ1) is 13.6. The van der Waals surface area contributed by atoms with Crippen molar-refractivity contribution in [3.8, 4) is 0 Å². The minimum absolute atomic E-state index is 0.0474. The summed E-state index contributed by atoms with van der Waals surface area (Å²) >= 11 is 1.66. The lowest BCUT2D eigenvalue weighted by Crippen LogP contribution is -1.99. The van der Waals surface area contributed by atoms with Crippen LogP contribution in [0, 0.1) is 10.1 Å². The number of benzene rings is 2. The van der Waals surface area contributed by atoms with Gasteiger partial charge in [0.1, 0.15) is 0 Å². The second-order valence-corrected chi connectivity index (χ2v) is 6.66. The topological polar surface area (TPSA) is 43.1 Å². The number of rotatable bonds is 8. The fraction of sp³-hybridized carbons (Fsp3) is 0.0833. The zero-order chi connectivity index (χ0) is 20.5. The lowest BCUT2D eigenvalue weighted by molar-refractivity contribution is -0.375. The first kappa shape index (κ1) is 21.2. The minimum atomic E-state index is -0.353. The Hall–Kier alpha value is -3.11. The van der Waals surface area contributed by atoms with Crippen LogP contribution in [0.3, 0.4) is 0 Å². The Morgan fingerprint density at radius 1 is 1.00 bits per heavy atom. The normalized spacial score (nSPS) is 13.1. The van der Waals surface area contributed by atoms with E-state index in [1.54, 1.807) is 42.1 Å². The summed E-state index contributed by atoms with van der Waals surface area (Å²) in [5, 5.41) is 13.5. The first-order valence-corrected chi connectivity index (χ1v) is 10.0. The van der Waals surface area contributed by atoms with Crippen LogP contribution < -0.4 is 0 Å². The van der Waals surface area contributed by atoms with Crippen LogP contribution >= 0.6 is 11.8 Å². The van der Waals surface area contributed by atoms with Crippen molar-refractivity contribution in [2.24, 2.45) is 0 Å². The molecule has 0 saturated carbocycles. The molecule has 0 aromatic heterocycles. The van der Waals surface area contributed by atoms with Crippen molar-refractivity contribution in [3.63, 3.8) is 0 Å². The van der Waals surface area contributed by atoms with Gasteiger partial charge in [0.25, 0.3) is 5.70 Å². The van der Waals surface area contributed by atoms with E-state index >= 15 is 0 Å². The van der Waals surface area contributed by atoms with Crippen LogP contribution in [0.2, 0.25) is 0 Å². The molecule has 0 aliphatic heterocycles. The van der Waals surface area contributed by atoms with Crippen molar-refractivity contribution < 1.29 is 4.92 Å². The monoisotopic (exact) mass is 389 g/mol. The number of fused-ring (bicyclic) bond motifs is 1. The van der Waals surface area contributed by atoms with Crippen molar-refractivity contribution in [2.75, 3.05) is 6.26 Å². The Bertz CT molecular complexity index is 1030. The molecular formula is C24H23NO2S. The molecule has 0 N–H and O–H groups in total. The predicted octanol–water partition coefficient (Wildman–Crippen LogP) is 7.04. The zero-order valence-electron chi connectivity index (χ0n) is 16.1. The molecular weight excluding hydrogens is 366 g/mol. The van der Waals surface area contributed by atoms with Gasteiger partial charge in [-0.2, -0.15) is 0 Å². The number of nitro groups is 1. The maximum atomic E-state index is 11.7. The summed E-state index contributed by atoms with van der Waals surface area (Å²) in [4.78, 5) is 12.5. The third kappa shape index (κ3) is 4.59. The van der Waals surface area contributed by atoms with Crippen LogP contribution in [-0.4, -0.2) is 11.2 Å². The maximum absolute atomic E-state index is 11.7. The Labute approximate surface area is 170 Å². The van der Waals surface area contributed by atoms with E-state index < -0.39 is 0 Å². The molecule has 0 spiro atoms. The zero-order valence-corrected chi connectivity index (χ0v) is 16.9. The molecule has 2 aromatic rings. The third-order valence-corrected chi connectivity index (χ3v) is 5.11. The quantitative estimate of drug-likeness (QED) is 0.276. The summed E-state index contributed by atoms with van der Waals surface area (Å²) in [5.74, 6) is 0. The Morgan fingerprint density at radius 2 is 1.64 bits per heavy atom. The summed E-state index contributed by atoms with van der Waals surface area (Å²) in [6, 6.07) is 11.5. The highest BCUT2D eigenvalue weighted by atomic mass is 32.2. The molecule has 0 atom stereocenters. The molecule has 0 aliphatic rings. The third-order valence-electron chi connectivity index (χ3n) is 4.22. The Kier molecular flexibility index (Phi) is 7.78. The molecule has 2 rings (SSSR count). The van der Waals surface area contributed by atoms with Crippen molar-refractivity contribution >= 4 is 33.8 Å². The lowest BCUT2D eigenvalue weighted by atomic mass is 9.93. The predicted molar refractivity (Wildman–Crippen MR) is 124 cm³/mol. The number of allylic oxidation sites excluding steroid dienone is 8.